The zero-order valence-corrected chi connectivity index (χ0v) is 25.8. The number of fused-ring (bicyclic) bond motifs is 1. The molecule has 0 radical (unpaired) electrons. The molecule has 13 heteroatoms. The van der Waals surface area contributed by atoms with Crippen molar-refractivity contribution in [1.29, 1.82) is 0 Å². The first-order valence-electron chi connectivity index (χ1n) is 14.0. The molecule has 4 aromatic rings. The molecule has 1 aliphatic rings. The standard InChI is InChI=1S/C31H32F2N6O4S/c1-7-23(41)37-12-13-38(18(5)15-37)29-19-14-20(32)27(24-21(40)8-9-22(25(24)33)44(6)43)35-30(19)39(31(42)36-29)28-17(4)10-11-34-26(28)16(2)3/h7-11,14,16,18,40H,1,12-13,15H2,2-6H3/t18-,44?/m0/s1. The molecule has 0 bridgehead atoms. The van der Waals surface area contributed by atoms with Gasteiger partial charge in [0.15, 0.2) is 17.3 Å². The number of pyridine rings is 2. The third kappa shape index (κ3) is 5.25. The normalized spacial score (nSPS) is 16.0. The number of aromatic hydroxyl groups is 1. The number of aromatic nitrogens is 4. The van der Waals surface area contributed by atoms with Crippen LogP contribution in [-0.4, -0.2) is 71.6 Å². The Labute approximate surface area is 255 Å². The predicted octanol–water partition coefficient (Wildman–Crippen LogP) is 4.22. The monoisotopic (exact) mass is 622 g/mol. The van der Waals surface area contributed by atoms with E-state index in [1.165, 1.54) is 16.9 Å². The van der Waals surface area contributed by atoms with Crippen LogP contribution in [-0.2, 0) is 15.6 Å². The fourth-order valence-electron chi connectivity index (χ4n) is 5.58. The molecule has 5 rings (SSSR count). The van der Waals surface area contributed by atoms with Crippen LogP contribution in [0, 0.1) is 18.6 Å². The van der Waals surface area contributed by atoms with Crippen LogP contribution in [0.25, 0.3) is 28.0 Å². The number of nitrogens with zero attached hydrogens (tertiary/aromatic N) is 6. The zero-order chi connectivity index (χ0) is 32.0. The smallest absolute Gasteiger partial charge is 0.355 e. The molecule has 1 saturated heterocycles. The van der Waals surface area contributed by atoms with Crippen molar-refractivity contribution < 1.29 is 22.9 Å². The Morgan fingerprint density at radius 2 is 1.93 bits per heavy atom. The molecule has 3 aromatic heterocycles. The second-order valence-electron chi connectivity index (χ2n) is 11.0. The van der Waals surface area contributed by atoms with Crippen LogP contribution < -0.4 is 10.6 Å². The summed E-state index contributed by atoms with van der Waals surface area (Å²) in [5.41, 5.74) is -0.245. The van der Waals surface area contributed by atoms with Gasteiger partial charge in [-0.3, -0.25) is 14.0 Å². The number of carbonyl (C=O) groups excluding carboxylic acids is 1. The molecular formula is C31H32F2N6O4S. The molecular weight excluding hydrogens is 590 g/mol. The number of anilines is 1. The number of hydrogen-bond donors (Lipinski definition) is 1. The Morgan fingerprint density at radius 3 is 2.57 bits per heavy atom. The van der Waals surface area contributed by atoms with Gasteiger partial charge in [0.05, 0.1) is 38.0 Å². The molecule has 10 nitrogen and oxygen atoms in total. The highest BCUT2D eigenvalue weighted by Gasteiger charge is 2.31. The lowest BCUT2D eigenvalue weighted by atomic mass is 10.0. The summed E-state index contributed by atoms with van der Waals surface area (Å²) in [4.78, 5) is 42.8. The molecule has 1 aliphatic heterocycles. The van der Waals surface area contributed by atoms with Crippen LogP contribution in [0.5, 0.6) is 5.75 Å². The topological polar surface area (TPSA) is 122 Å². The van der Waals surface area contributed by atoms with Gasteiger partial charge in [0.25, 0.3) is 0 Å². The van der Waals surface area contributed by atoms with Crippen LogP contribution >= 0.6 is 0 Å². The van der Waals surface area contributed by atoms with Crippen molar-refractivity contribution in [2.45, 2.75) is 44.6 Å². The van der Waals surface area contributed by atoms with E-state index < -0.39 is 45.1 Å². The van der Waals surface area contributed by atoms with Gasteiger partial charge < -0.3 is 14.9 Å². The molecule has 1 amide bonds. The van der Waals surface area contributed by atoms with Crippen molar-refractivity contribution in [3.8, 4) is 22.7 Å². The molecule has 1 unspecified atom stereocenters. The van der Waals surface area contributed by atoms with Gasteiger partial charge in [-0.1, -0.05) is 20.4 Å². The zero-order valence-electron chi connectivity index (χ0n) is 25.0. The van der Waals surface area contributed by atoms with Gasteiger partial charge in [-0.05, 0) is 55.7 Å². The van der Waals surface area contributed by atoms with E-state index in [1.54, 1.807) is 29.0 Å². The number of amides is 1. The second kappa shape index (κ2) is 11.9. The number of benzene rings is 1. The van der Waals surface area contributed by atoms with Gasteiger partial charge in [-0.15, -0.1) is 0 Å². The number of phenols is 1. The lowest BCUT2D eigenvalue weighted by Gasteiger charge is -2.40. The summed E-state index contributed by atoms with van der Waals surface area (Å²) in [7, 11) is -1.78. The van der Waals surface area contributed by atoms with E-state index in [0.29, 0.717) is 36.6 Å². The SMILES string of the molecule is C=CC(=O)N1CCN(c2nc(=O)n(-c3c(C)ccnc3C(C)C)c3nc(-c4c(O)ccc(S(C)=O)c4F)c(F)cc23)[C@@H](C)C1. The number of rotatable bonds is 6. The number of hydrogen-bond acceptors (Lipinski definition) is 8. The lowest BCUT2D eigenvalue weighted by molar-refractivity contribution is -0.126. The number of carbonyl (C=O) groups is 1. The molecule has 4 heterocycles. The van der Waals surface area contributed by atoms with Crippen LogP contribution in [0.3, 0.4) is 0 Å². The van der Waals surface area contributed by atoms with E-state index >= 15 is 8.78 Å². The largest absolute Gasteiger partial charge is 0.507 e. The van der Waals surface area contributed by atoms with E-state index in [9.17, 15) is 18.9 Å². The van der Waals surface area contributed by atoms with Crippen LogP contribution in [0.15, 0.2) is 52.8 Å². The van der Waals surface area contributed by atoms with Gasteiger partial charge in [0, 0.05) is 38.1 Å². The maximum absolute atomic E-state index is 16.1. The number of halogens is 2. The van der Waals surface area contributed by atoms with Crippen LogP contribution in [0.4, 0.5) is 14.6 Å². The second-order valence-corrected chi connectivity index (χ2v) is 12.4. The van der Waals surface area contributed by atoms with E-state index in [-0.39, 0.29) is 39.6 Å². The summed E-state index contributed by atoms with van der Waals surface area (Å²) >= 11 is 0. The van der Waals surface area contributed by atoms with Gasteiger partial charge >= 0.3 is 5.69 Å². The Balaban J connectivity index is 1.86. The highest BCUT2D eigenvalue weighted by molar-refractivity contribution is 7.84. The number of phenolic OH excluding ortho intramolecular Hbond substituents is 1. The first-order chi connectivity index (χ1) is 20.8. The molecule has 44 heavy (non-hydrogen) atoms. The fraction of sp³-hybridized carbons (Fsp3) is 0.323. The summed E-state index contributed by atoms with van der Waals surface area (Å²) in [6, 6.07) is 4.80. The van der Waals surface area contributed by atoms with Gasteiger partial charge in [-0.2, -0.15) is 4.98 Å². The van der Waals surface area contributed by atoms with Gasteiger partial charge in [-0.25, -0.2) is 23.1 Å². The minimum atomic E-state index is -1.78. The van der Waals surface area contributed by atoms with Crippen molar-refractivity contribution in [3.63, 3.8) is 0 Å². The Morgan fingerprint density at radius 1 is 1.20 bits per heavy atom. The summed E-state index contributed by atoms with van der Waals surface area (Å²) in [6.07, 6.45) is 4.12. The van der Waals surface area contributed by atoms with Crippen LogP contribution in [0.1, 0.15) is 37.9 Å². The van der Waals surface area contributed by atoms with Crippen molar-refractivity contribution in [2.24, 2.45) is 0 Å². The van der Waals surface area contributed by atoms with E-state index in [2.05, 4.69) is 21.5 Å². The summed E-state index contributed by atoms with van der Waals surface area (Å²) in [5.74, 6) is -2.89. The van der Waals surface area contributed by atoms with E-state index in [4.69, 9.17) is 0 Å². The molecule has 0 saturated carbocycles. The molecule has 0 aliphatic carbocycles. The first kappa shape index (κ1) is 30.9. The van der Waals surface area contributed by atoms with Gasteiger partial charge in [0.1, 0.15) is 17.3 Å². The van der Waals surface area contributed by atoms with E-state index in [1.807, 2.05) is 20.8 Å². The highest BCUT2D eigenvalue weighted by Crippen LogP contribution is 2.38. The molecule has 230 valence electrons. The van der Waals surface area contributed by atoms with E-state index in [0.717, 1.165) is 18.2 Å². The van der Waals surface area contributed by atoms with Crippen molar-refractivity contribution in [2.75, 3.05) is 30.8 Å². The number of aryl methyl sites for hydroxylation is 1. The average Bonchev–Trinajstić information content (AvgIpc) is 2.97. The van der Waals surface area contributed by atoms with Crippen molar-refractivity contribution in [1.82, 2.24) is 24.4 Å². The Hall–Kier alpha value is -4.52. The molecule has 1 fully saturated rings. The maximum Gasteiger partial charge on any atom is 0.355 e. The molecule has 0 spiro atoms. The predicted molar refractivity (Wildman–Crippen MR) is 165 cm³/mol. The third-order valence-corrected chi connectivity index (χ3v) is 8.68. The molecule has 1 aromatic carbocycles. The highest BCUT2D eigenvalue weighted by atomic mass is 32.2. The molecule has 2 atom stereocenters. The van der Waals surface area contributed by atoms with Crippen molar-refractivity contribution in [3.05, 3.63) is 76.5 Å². The minimum absolute atomic E-state index is 0.0342. The van der Waals surface area contributed by atoms with Crippen LogP contribution in [0.2, 0.25) is 0 Å². The first-order valence-corrected chi connectivity index (χ1v) is 15.5. The summed E-state index contributed by atoms with van der Waals surface area (Å²) in [5, 5.41) is 10.8. The lowest BCUT2D eigenvalue weighted by Crippen LogP contribution is -2.54. The maximum atomic E-state index is 16.1. The quantitative estimate of drug-likeness (QED) is 0.318. The summed E-state index contributed by atoms with van der Waals surface area (Å²) in [6.45, 7) is 11.9. The van der Waals surface area contributed by atoms with Gasteiger partial charge in [0.2, 0.25) is 5.91 Å². The molecule has 1 N–H and O–H groups in total. The summed E-state index contributed by atoms with van der Waals surface area (Å²) < 4.78 is 45.1. The Bertz CT molecular complexity index is 1910. The van der Waals surface area contributed by atoms with Crippen molar-refractivity contribution >= 4 is 33.6 Å². The third-order valence-electron chi connectivity index (χ3n) is 7.74. The number of piperazine rings is 1. The fourth-order valence-corrected chi connectivity index (χ4v) is 6.20. The minimum Gasteiger partial charge on any atom is -0.507 e. The Kier molecular flexibility index (Phi) is 8.34. The average molecular weight is 623 g/mol.